The predicted octanol–water partition coefficient (Wildman–Crippen LogP) is 6.33. The van der Waals surface area contributed by atoms with Crippen LogP contribution in [0.2, 0.25) is 0 Å². The van der Waals surface area contributed by atoms with Crippen molar-refractivity contribution >= 4 is 17.6 Å². The van der Waals surface area contributed by atoms with Gasteiger partial charge in [-0.3, -0.25) is 4.79 Å². The van der Waals surface area contributed by atoms with Crippen molar-refractivity contribution < 1.29 is 9.90 Å². The van der Waals surface area contributed by atoms with Crippen LogP contribution in [0, 0.1) is 0 Å². The Balaban J connectivity index is 3.14. The number of aliphatic carboxylic acids is 1. The Morgan fingerprint density at radius 2 is 1.38 bits per heavy atom. The maximum Gasteiger partial charge on any atom is 0.321 e. The highest BCUT2D eigenvalue weighted by molar-refractivity contribution is 6.29. The molecule has 0 rings (SSSR count). The average molecular weight is 317 g/mol. The number of carboxylic acid groups (broad SMARTS) is 1. The summed E-state index contributed by atoms with van der Waals surface area (Å²) in [7, 11) is 0. The molecule has 0 aliphatic rings. The average Bonchev–Trinajstić information content (AvgIpc) is 2.47. The highest BCUT2D eigenvalue weighted by Gasteiger charge is 2.11. The SMILES string of the molecule is CCCCC/C=C/CCCCCCCCCC(Cl)C(=O)O. The van der Waals surface area contributed by atoms with Crippen molar-refractivity contribution in [3.8, 4) is 0 Å². The zero-order valence-electron chi connectivity index (χ0n) is 13.7. The van der Waals surface area contributed by atoms with Crippen molar-refractivity contribution in [3.05, 3.63) is 12.2 Å². The molecule has 1 atom stereocenters. The number of hydrogen-bond donors (Lipinski definition) is 1. The predicted molar refractivity (Wildman–Crippen MR) is 92.1 cm³/mol. The number of allylic oxidation sites excluding steroid dienone is 2. The summed E-state index contributed by atoms with van der Waals surface area (Å²) in [6.45, 7) is 2.24. The maximum atomic E-state index is 10.5. The van der Waals surface area contributed by atoms with Gasteiger partial charge in [0, 0.05) is 0 Å². The highest BCUT2D eigenvalue weighted by Crippen LogP contribution is 2.13. The molecule has 1 unspecified atom stereocenters. The maximum absolute atomic E-state index is 10.5. The van der Waals surface area contributed by atoms with Crippen LogP contribution in [-0.2, 0) is 4.79 Å². The zero-order chi connectivity index (χ0) is 15.8. The summed E-state index contributed by atoms with van der Waals surface area (Å²) in [5.74, 6) is -0.889. The minimum absolute atomic E-state index is 0.597. The van der Waals surface area contributed by atoms with Crippen LogP contribution >= 0.6 is 11.6 Å². The number of hydrogen-bond acceptors (Lipinski definition) is 1. The van der Waals surface area contributed by atoms with E-state index >= 15 is 0 Å². The van der Waals surface area contributed by atoms with Gasteiger partial charge >= 0.3 is 5.97 Å². The molecular formula is C18H33ClO2. The van der Waals surface area contributed by atoms with E-state index < -0.39 is 11.3 Å². The molecule has 0 amide bonds. The fourth-order valence-corrected chi connectivity index (χ4v) is 2.50. The molecule has 0 saturated heterocycles. The molecule has 2 nitrogen and oxygen atoms in total. The molecular weight excluding hydrogens is 284 g/mol. The van der Waals surface area contributed by atoms with Crippen molar-refractivity contribution in [2.24, 2.45) is 0 Å². The zero-order valence-corrected chi connectivity index (χ0v) is 14.4. The second-order valence-corrected chi connectivity index (χ2v) is 6.35. The summed E-state index contributed by atoms with van der Waals surface area (Å²) in [6.07, 6.45) is 20.1. The van der Waals surface area contributed by atoms with Gasteiger partial charge in [0.05, 0.1) is 0 Å². The standard InChI is InChI=1S/C18H33ClO2/c1-2-3-4-5-6-7-8-9-10-11-12-13-14-15-16-17(19)18(20)21/h6-7,17H,2-5,8-16H2,1H3,(H,20,21)/b7-6+. The molecule has 0 fully saturated rings. The summed E-state index contributed by atoms with van der Waals surface area (Å²) in [5, 5.41) is 7.95. The van der Waals surface area contributed by atoms with E-state index in [9.17, 15) is 4.79 Å². The van der Waals surface area contributed by atoms with E-state index in [0.717, 1.165) is 12.8 Å². The number of rotatable bonds is 15. The monoisotopic (exact) mass is 316 g/mol. The van der Waals surface area contributed by atoms with Gasteiger partial charge in [-0.05, 0) is 32.1 Å². The Morgan fingerprint density at radius 3 is 1.90 bits per heavy atom. The summed E-state index contributed by atoms with van der Waals surface area (Å²) in [5.41, 5.74) is 0. The van der Waals surface area contributed by atoms with Crippen LogP contribution < -0.4 is 0 Å². The van der Waals surface area contributed by atoms with E-state index in [0.29, 0.717) is 6.42 Å². The van der Waals surface area contributed by atoms with Gasteiger partial charge in [-0.15, -0.1) is 11.6 Å². The summed E-state index contributed by atoms with van der Waals surface area (Å²) in [6, 6.07) is 0. The molecule has 21 heavy (non-hydrogen) atoms. The van der Waals surface area contributed by atoms with Crippen LogP contribution in [0.25, 0.3) is 0 Å². The van der Waals surface area contributed by atoms with Gasteiger partial charge in [0.2, 0.25) is 0 Å². The number of carbonyl (C=O) groups is 1. The van der Waals surface area contributed by atoms with Gasteiger partial charge in [0.1, 0.15) is 5.38 Å². The lowest BCUT2D eigenvalue weighted by Crippen LogP contribution is -2.12. The highest BCUT2D eigenvalue weighted by atomic mass is 35.5. The van der Waals surface area contributed by atoms with Gasteiger partial charge in [-0.25, -0.2) is 0 Å². The van der Waals surface area contributed by atoms with Crippen LogP contribution in [0.4, 0.5) is 0 Å². The number of carboxylic acids is 1. The normalized spacial score (nSPS) is 12.9. The number of unbranched alkanes of at least 4 members (excludes halogenated alkanes) is 10. The van der Waals surface area contributed by atoms with E-state index in [1.165, 1.54) is 64.2 Å². The van der Waals surface area contributed by atoms with Crippen molar-refractivity contribution in [3.63, 3.8) is 0 Å². The fourth-order valence-electron chi connectivity index (χ4n) is 2.34. The van der Waals surface area contributed by atoms with E-state index in [4.69, 9.17) is 16.7 Å². The Labute approximate surface area is 136 Å². The molecule has 0 aromatic carbocycles. The summed E-state index contributed by atoms with van der Waals surface area (Å²) >= 11 is 5.66. The Bertz CT molecular complexity index is 264. The van der Waals surface area contributed by atoms with Crippen LogP contribution in [-0.4, -0.2) is 16.5 Å². The van der Waals surface area contributed by atoms with Crippen molar-refractivity contribution in [1.29, 1.82) is 0 Å². The topological polar surface area (TPSA) is 37.3 Å². The molecule has 0 aromatic heterocycles. The number of halogens is 1. The molecule has 0 saturated carbocycles. The van der Waals surface area contributed by atoms with Crippen molar-refractivity contribution in [1.82, 2.24) is 0 Å². The van der Waals surface area contributed by atoms with E-state index in [2.05, 4.69) is 19.1 Å². The first kappa shape index (κ1) is 20.5. The molecule has 0 heterocycles. The smallest absolute Gasteiger partial charge is 0.321 e. The number of alkyl halides is 1. The molecule has 0 aliphatic heterocycles. The Morgan fingerprint density at radius 1 is 0.905 bits per heavy atom. The van der Waals surface area contributed by atoms with Crippen molar-refractivity contribution in [2.75, 3.05) is 0 Å². The third kappa shape index (κ3) is 15.7. The van der Waals surface area contributed by atoms with E-state index in [1.807, 2.05) is 0 Å². The first-order valence-corrected chi connectivity index (χ1v) is 9.14. The molecule has 0 bridgehead atoms. The quantitative estimate of drug-likeness (QED) is 0.218. The van der Waals surface area contributed by atoms with Gasteiger partial charge in [0.15, 0.2) is 0 Å². The lowest BCUT2D eigenvalue weighted by atomic mass is 10.1. The second kappa shape index (κ2) is 15.9. The third-order valence-electron chi connectivity index (χ3n) is 3.74. The van der Waals surface area contributed by atoms with Crippen LogP contribution in [0.1, 0.15) is 90.4 Å². The minimum Gasteiger partial charge on any atom is -0.480 e. The third-order valence-corrected chi connectivity index (χ3v) is 4.14. The molecule has 0 aromatic rings. The van der Waals surface area contributed by atoms with Crippen LogP contribution in [0.3, 0.4) is 0 Å². The molecule has 1 N–H and O–H groups in total. The minimum atomic E-state index is -0.889. The fraction of sp³-hybridized carbons (Fsp3) is 0.833. The first-order valence-electron chi connectivity index (χ1n) is 8.70. The largest absolute Gasteiger partial charge is 0.480 e. The van der Waals surface area contributed by atoms with Crippen molar-refractivity contribution in [2.45, 2.75) is 95.8 Å². The molecule has 124 valence electrons. The summed E-state index contributed by atoms with van der Waals surface area (Å²) in [4.78, 5) is 10.5. The molecule has 0 aliphatic carbocycles. The van der Waals surface area contributed by atoms with Gasteiger partial charge in [-0.1, -0.05) is 70.4 Å². The van der Waals surface area contributed by atoms with Gasteiger partial charge in [-0.2, -0.15) is 0 Å². The van der Waals surface area contributed by atoms with Crippen LogP contribution in [0.5, 0.6) is 0 Å². The van der Waals surface area contributed by atoms with E-state index in [1.54, 1.807) is 0 Å². The van der Waals surface area contributed by atoms with Gasteiger partial charge in [0.25, 0.3) is 0 Å². The Hall–Kier alpha value is -0.500. The molecule has 3 heteroatoms. The molecule has 0 radical (unpaired) electrons. The second-order valence-electron chi connectivity index (χ2n) is 5.83. The van der Waals surface area contributed by atoms with E-state index in [-0.39, 0.29) is 0 Å². The first-order chi connectivity index (χ1) is 10.2. The Kier molecular flexibility index (Phi) is 15.5. The summed E-state index contributed by atoms with van der Waals surface area (Å²) < 4.78 is 0. The van der Waals surface area contributed by atoms with Gasteiger partial charge < -0.3 is 5.11 Å². The lowest BCUT2D eigenvalue weighted by molar-refractivity contribution is -0.136. The lowest BCUT2D eigenvalue weighted by Gasteiger charge is -2.04. The molecule has 0 spiro atoms. The van der Waals surface area contributed by atoms with Crippen LogP contribution in [0.15, 0.2) is 12.2 Å².